The van der Waals surface area contributed by atoms with Crippen LogP contribution in [0.3, 0.4) is 0 Å². The predicted molar refractivity (Wildman–Crippen MR) is 79.1 cm³/mol. The molecular formula is C14H19FN2OS. The van der Waals surface area contributed by atoms with Crippen molar-refractivity contribution in [2.24, 2.45) is 0 Å². The van der Waals surface area contributed by atoms with Crippen molar-refractivity contribution in [3.63, 3.8) is 0 Å². The summed E-state index contributed by atoms with van der Waals surface area (Å²) in [7, 11) is 1.66. The molecule has 2 rings (SSSR count). The van der Waals surface area contributed by atoms with E-state index in [1.165, 1.54) is 6.07 Å². The molecule has 0 radical (unpaired) electrons. The highest BCUT2D eigenvalue weighted by molar-refractivity contribution is 7.80. The van der Waals surface area contributed by atoms with Crippen LogP contribution >= 0.6 is 12.2 Å². The molecule has 0 aromatic heterocycles. The topological polar surface area (TPSA) is 24.5 Å². The number of halogens is 1. The number of benzene rings is 1. The lowest BCUT2D eigenvalue weighted by atomic mass is 9.97. The van der Waals surface area contributed by atoms with E-state index < -0.39 is 0 Å². The Morgan fingerprint density at radius 1 is 1.58 bits per heavy atom. The van der Waals surface area contributed by atoms with E-state index in [0.717, 1.165) is 24.1 Å². The van der Waals surface area contributed by atoms with Crippen LogP contribution in [-0.4, -0.2) is 31.4 Å². The smallest absolute Gasteiger partial charge is 0.173 e. The molecule has 1 unspecified atom stereocenters. The summed E-state index contributed by atoms with van der Waals surface area (Å²) < 4.78 is 18.3. The van der Waals surface area contributed by atoms with Gasteiger partial charge in [0.2, 0.25) is 0 Å². The third-order valence-corrected chi connectivity index (χ3v) is 3.72. The highest BCUT2D eigenvalue weighted by atomic mass is 32.1. The molecule has 1 aromatic carbocycles. The summed E-state index contributed by atoms with van der Waals surface area (Å²) in [5.41, 5.74) is 2.03. The van der Waals surface area contributed by atoms with Gasteiger partial charge in [0.25, 0.3) is 0 Å². The van der Waals surface area contributed by atoms with E-state index >= 15 is 0 Å². The maximum atomic E-state index is 13.3. The van der Waals surface area contributed by atoms with Gasteiger partial charge >= 0.3 is 0 Å². The summed E-state index contributed by atoms with van der Waals surface area (Å²) in [6, 6.07) is 5.22. The number of rotatable bonds is 3. The molecule has 1 aliphatic heterocycles. The molecule has 1 N–H and O–H groups in total. The third kappa shape index (κ3) is 3.22. The molecule has 19 heavy (non-hydrogen) atoms. The minimum Gasteiger partial charge on any atom is -0.383 e. The lowest BCUT2D eigenvalue weighted by molar-refractivity contribution is 0.204. The first-order valence-corrected chi connectivity index (χ1v) is 6.88. The van der Waals surface area contributed by atoms with Crippen LogP contribution in [0.1, 0.15) is 18.9 Å². The highest BCUT2D eigenvalue weighted by Gasteiger charge is 2.26. The normalized spacial score (nSPS) is 18.1. The zero-order chi connectivity index (χ0) is 13.8. The zero-order valence-electron chi connectivity index (χ0n) is 11.3. The second-order valence-corrected chi connectivity index (χ2v) is 5.14. The van der Waals surface area contributed by atoms with E-state index in [9.17, 15) is 4.39 Å². The molecule has 1 aromatic rings. The summed E-state index contributed by atoms with van der Waals surface area (Å²) in [4.78, 5) is 2.07. The second kappa shape index (κ2) is 6.30. The first-order chi connectivity index (χ1) is 9.13. The molecule has 0 aliphatic carbocycles. The van der Waals surface area contributed by atoms with E-state index in [1.54, 1.807) is 13.2 Å². The second-order valence-electron chi connectivity index (χ2n) is 4.76. The van der Waals surface area contributed by atoms with Crippen LogP contribution < -0.4 is 10.2 Å². The standard InChI is InChI=1S/C14H19FN2OS/c1-10-3-4-11-9-12(15)5-6-13(11)17(10)14(19)16-7-8-18-2/h5-6,9-10H,3-4,7-8H2,1-2H3,(H,16,19). The van der Waals surface area contributed by atoms with Gasteiger partial charge in [0, 0.05) is 25.4 Å². The fourth-order valence-corrected chi connectivity index (χ4v) is 2.76. The van der Waals surface area contributed by atoms with Crippen molar-refractivity contribution in [2.75, 3.05) is 25.2 Å². The van der Waals surface area contributed by atoms with Gasteiger partial charge in [0.05, 0.1) is 6.61 Å². The van der Waals surface area contributed by atoms with Crippen molar-refractivity contribution in [3.8, 4) is 0 Å². The summed E-state index contributed by atoms with van der Waals surface area (Å²) in [5.74, 6) is -0.188. The molecule has 1 atom stereocenters. The molecule has 0 saturated carbocycles. The maximum Gasteiger partial charge on any atom is 0.173 e. The van der Waals surface area contributed by atoms with E-state index in [-0.39, 0.29) is 5.82 Å². The Morgan fingerprint density at radius 3 is 3.11 bits per heavy atom. The summed E-state index contributed by atoms with van der Waals surface area (Å²) in [5, 5.41) is 3.86. The van der Waals surface area contributed by atoms with Gasteiger partial charge in [-0.3, -0.25) is 0 Å². The number of aryl methyl sites for hydroxylation is 1. The van der Waals surface area contributed by atoms with Gasteiger partial charge in [-0.05, 0) is 55.7 Å². The predicted octanol–water partition coefficient (Wildman–Crippen LogP) is 2.49. The molecule has 1 aliphatic rings. The average Bonchev–Trinajstić information content (AvgIpc) is 2.39. The summed E-state index contributed by atoms with van der Waals surface area (Å²) in [6.07, 6.45) is 1.87. The molecule has 0 bridgehead atoms. The molecule has 0 saturated heterocycles. The number of hydrogen-bond donors (Lipinski definition) is 1. The number of ether oxygens (including phenoxy) is 1. The lowest BCUT2D eigenvalue weighted by Gasteiger charge is -2.37. The molecule has 0 fully saturated rings. The highest BCUT2D eigenvalue weighted by Crippen LogP contribution is 2.31. The van der Waals surface area contributed by atoms with Gasteiger partial charge in [0.15, 0.2) is 5.11 Å². The monoisotopic (exact) mass is 282 g/mol. The van der Waals surface area contributed by atoms with E-state index in [4.69, 9.17) is 17.0 Å². The lowest BCUT2D eigenvalue weighted by Crippen LogP contribution is -2.48. The Hall–Kier alpha value is -1.20. The average molecular weight is 282 g/mol. The number of nitrogens with zero attached hydrogens (tertiary/aromatic N) is 1. The Morgan fingerprint density at radius 2 is 2.37 bits per heavy atom. The molecule has 104 valence electrons. The third-order valence-electron chi connectivity index (χ3n) is 3.37. The first-order valence-electron chi connectivity index (χ1n) is 6.48. The van der Waals surface area contributed by atoms with Crippen molar-refractivity contribution in [2.45, 2.75) is 25.8 Å². The first kappa shape index (κ1) is 14.2. The number of hydrogen-bond acceptors (Lipinski definition) is 2. The van der Waals surface area contributed by atoms with E-state index in [1.807, 2.05) is 6.07 Å². The van der Waals surface area contributed by atoms with E-state index in [0.29, 0.717) is 24.3 Å². The van der Waals surface area contributed by atoms with Gasteiger partial charge in [-0.15, -0.1) is 0 Å². The number of anilines is 1. The number of nitrogens with one attached hydrogen (secondary N) is 1. The molecule has 1 heterocycles. The van der Waals surface area contributed by atoms with Crippen LogP contribution in [0.5, 0.6) is 0 Å². The minimum atomic E-state index is -0.188. The SMILES string of the molecule is COCCNC(=S)N1c2ccc(F)cc2CCC1C. The van der Waals surface area contributed by atoms with Crippen LogP contribution in [0.25, 0.3) is 0 Å². The van der Waals surface area contributed by atoms with Crippen molar-refractivity contribution in [1.29, 1.82) is 0 Å². The largest absolute Gasteiger partial charge is 0.383 e. The van der Waals surface area contributed by atoms with Crippen LogP contribution in [0.15, 0.2) is 18.2 Å². The van der Waals surface area contributed by atoms with Gasteiger partial charge in [-0.2, -0.15) is 0 Å². The van der Waals surface area contributed by atoms with Crippen molar-refractivity contribution >= 4 is 23.0 Å². The zero-order valence-corrected chi connectivity index (χ0v) is 12.1. The molecule has 0 amide bonds. The van der Waals surface area contributed by atoms with E-state index in [2.05, 4.69) is 17.1 Å². The van der Waals surface area contributed by atoms with Gasteiger partial charge in [-0.1, -0.05) is 0 Å². The van der Waals surface area contributed by atoms with Gasteiger partial charge in [-0.25, -0.2) is 4.39 Å². The number of thiocarbonyl (C=S) groups is 1. The Kier molecular flexibility index (Phi) is 4.71. The van der Waals surface area contributed by atoms with Gasteiger partial charge < -0.3 is 15.0 Å². The molecule has 0 spiro atoms. The van der Waals surface area contributed by atoms with Crippen LogP contribution in [0.2, 0.25) is 0 Å². The fourth-order valence-electron chi connectivity index (χ4n) is 2.38. The maximum absolute atomic E-state index is 13.3. The van der Waals surface area contributed by atoms with Crippen molar-refractivity contribution in [3.05, 3.63) is 29.6 Å². The van der Waals surface area contributed by atoms with Crippen molar-refractivity contribution in [1.82, 2.24) is 5.32 Å². The van der Waals surface area contributed by atoms with Crippen molar-refractivity contribution < 1.29 is 9.13 Å². The molecule has 3 nitrogen and oxygen atoms in total. The van der Waals surface area contributed by atoms with Gasteiger partial charge in [0.1, 0.15) is 5.82 Å². The Labute approximate surface area is 118 Å². The van der Waals surface area contributed by atoms with Crippen LogP contribution in [-0.2, 0) is 11.2 Å². The molecule has 5 heteroatoms. The summed E-state index contributed by atoms with van der Waals surface area (Å²) in [6.45, 7) is 3.42. The minimum absolute atomic E-state index is 0.188. The number of methoxy groups -OCH3 is 1. The van der Waals surface area contributed by atoms with Crippen LogP contribution in [0.4, 0.5) is 10.1 Å². The molecular weight excluding hydrogens is 263 g/mol. The number of fused-ring (bicyclic) bond motifs is 1. The summed E-state index contributed by atoms with van der Waals surface area (Å²) >= 11 is 5.44. The Balaban J connectivity index is 2.18. The fraction of sp³-hybridized carbons (Fsp3) is 0.500. The quantitative estimate of drug-likeness (QED) is 0.680. The van der Waals surface area contributed by atoms with Crippen LogP contribution in [0, 0.1) is 5.82 Å². The Bertz CT molecular complexity index is 467.